The fourth-order valence-corrected chi connectivity index (χ4v) is 3.69. The van der Waals surface area contributed by atoms with Gasteiger partial charge < -0.3 is 24.1 Å². The van der Waals surface area contributed by atoms with Crippen LogP contribution in [0.15, 0.2) is 35.7 Å². The number of methoxy groups -OCH3 is 4. The van der Waals surface area contributed by atoms with E-state index < -0.39 is 21.4 Å². The average Bonchev–Trinajstić information content (AvgIpc) is 2.75. The zero-order valence-electron chi connectivity index (χ0n) is 17.2. The van der Waals surface area contributed by atoms with E-state index in [2.05, 4.69) is 4.72 Å². The molecule has 0 saturated carbocycles. The normalized spacial score (nSPS) is 12.3. The number of rotatable bonds is 10. The van der Waals surface area contributed by atoms with E-state index in [1.165, 1.54) is 52.7 Å². The molecule has 168 valence electrons. The van der Waals surface area contributed by atoms with Crippen LogP contribution in [0.3, 0.4) is 0 Å². The van der Waals surface area contributed by atoms with E-state index >= 15 is 0 Å². The predicted octanol–water partition coefficient (Wildman–Crippen LogP) is 3.50. The third-order valence-corrected chi connectivity index (χ3v) is 5.58. The molecule has 0 amide bonds. The molecule has 2 N–H and O–H groups in total. The summed E-state index contributed by atoms with van der Waals surface area (Å²) in [5.74, 6) is 0.0977. The van der Waals surface area contributed by atoms with Gasteiger partial charge in [-0.05, 0) is 24.3 Å². The number of carboxylic acid groups (broad SMARTS) is 1. The van der Waals surface area contributed by atoms with Gasteiger partial charge in [-0.3, -0.25) is 9.52 Å². The summed E-state index contributed by atoms with van der Waals surface area (Å²) in [6.45, 7) is 0. The maximum Gasteiger partial charge on any atom is 0.326 e. The van der Waals surface area contributed by atoms with Gasteiger partial charge in [0.25, 0.3) is 10.0 Å². The molecule has 2 aromatic rings. The van der Waals surface area contributed by atoms with Gasteiger partial charge >= 0.3 is 5.97 Å². The number of carbonyl (C=O) groups is 1. The van der Waals surface area contributed by atoms with Gasteiger partial charge in [0.05, 0.1) is 39.4 Å². The highest BCUT2D eigenvalue weighted by Crippen LogP contribution is 2.36. The number of ether oxygens (including phenoxy) is 4. The fraction of sp³-hybridized carbons (Fsp3) is 0.250. The van der Waals surface area contributed by atoms with Gasteiger partial charge in [0.15, 0.2) is 5.38 Å². The quantitative estimate of drug-likeness (QED) is 0.505. The summed E-state index contributed by atoms with van der Waals surface area (Å²) in [4.78, 5) is 11.2. The molecule has 31 heavy (non-hydrogen) atoms. The van der Waals surface area contributed by atoms with Crippen molar-refractivity contribution in [3.8, 4) is 23.0 Å². The lowest BCUT2D eigenvalue weighted by atomic mass is 10.1. The van der Waals surface area contributed by atoms with E-state index in [9.17, 15) is 13.2 Å². The molecule has 0 spiro atoms. The summed E-state index contributed by atoms with van der Waals surface area (Å²) in [6.07, 6.45) is 1.31. The van der Waals surface area contributed by atoms with E-state index in [1.54, 1.807) is 12.1 Å². The first kappa shape index (κ1) is 24.2. The van der Waals surface area contributed by atoms with Crippen LogP contribution in [0.4, 0.5) is 5.69 Å². The highest BCUT2D eigenvalue weighted by molar-refractivity contribution is 7.95. The minimum absolute atomic E-state index is 0.110. The molecule has 9 nitrogen and oxygen atoms in total. The minimum Gasteiger partial charge on any atom is -0.496 e. The number of halogens is 1. The van der Waals surface area contributed by atoms with Crippen LogP contribution in [0.2, 0.25) is 0 Å². The minimum atomic E-state index is -3.98. The molecule has 0 heterocycles. The molecule has 0 bridgehead atoms. The summed E-state index contributed by atoms with van der Waals surface area (Å²) in [7, 11) is 1.72. The van der Waals surface area contributed by atoms with Gasteiger partial charge in [0, 0.05) is 23.4 Å². The van der Waals surface area contributed by atoms with Gasteiger partial charge in [0.1, 0.15) is 23.0 Å². The topological polar surface area (TPSA) is 120 Å². The highest BCUT2D eigenvalue weighted by Gasteiger charge is 2.22. The number of aliphatic carboxylic acids is 1. The van der Waals surface area contributed by atoms with Crippen LogP contribution in [-0.2, 0) is 14.8 Å². The maximum atomic E-state index is 12.6. The first-order valence-corrected chi connectivity index (χ1v) is 10.7. The van der Waals surface area contributed by atoms with Gasteiger partial charge in [0.2, 0.25) is 0 Å². The Morgan fingerprint density at radius 3 is 2.06 bits per heavy atom. The second-order valence-electron chi connectivity index (χ2n) is 6.05. The summed E-state index contributed by atoms with van der Waals surface area (Å²) in [6, 6.07) is 7.32. The summed E-state index contributed by atoms with van der Waals surface area (Å²) in [5.41, 5.74) is 0.610. The molecule has 1 unspecified atom stereocenters. The molecule has 0 fully saturated rings. The van der Waals surface area contributed by atoms with E-state index in [1.807, 2.05) is 0 Å². The molecule has 0 aromatic heterocycles. The Labute approximate surface area is 185 Å². The molecule has 11 heteroatoms. The molecular weight excluding hydrogens is 450 g/mol. The van der Waals surface area contributed by atoms with Crippen molar-refractivity contribution in [2.24, 2.45) is 0 Å². The molecule has 1 atom stereocenters. The van der Waals surface area contributed by atoms with Crippen molar-refractivity contribution < 1.29 is 37.3 Å². The number of alkyl halides is 1. The van der Waals surface area contributed by atoms with Crippen LogP contribution >= 0.6 is 11.6 Å². The number of hydrogen-bond donors (Lipinski definition) is 2. The second kappa shape index (κ2) is 10.3. The number of anilines is 1. The number of nitrogens with one attached hydrogen (secondary N) is 1. The Balaban J connectivity index is 2.37. The number of hydrogen-bond acceptors (Lipinski definition) is 7. The van der Waals surface area contributed by atoms with Crippen molar-refractivity contribution >= 4 is 39.4 Å². The number of benzene rings is 2. The fourth-order valence-electron chi connectivity index (χ4n) is 2.68. The zero-order chi connectivity index (χ0) is 23.2. The van der Waals surface area contributed by atoms with Crippen LogP contribution in [0, 0.1) is 0 Å². The monoisotopic (exact) mass is 471 g/mol. The van der Waals surface area contributed by atoms with Gasteiger partial charge in [-0.1, -0.05) is 0 Å². The SMILES string of the molecule is COc1cc(OC)c(/C=C/S(=O)(=O)Nc2ccc(OC)c(C(Cl)C(=O)O)c2)c(OC)c1. The first-order valence-electron chi connectivity index (χ1n) is 8.71. The zero-order valence-corrected chi connectivity index (χ0v) is 18.8. The maximum absolute atomic E-state index is 12.6. The van der Waals surface area contributed by atoms with Gasteiger partial charge in [-0.2, -0.15) is 0 Å². The summed E-state index contributed by atoms with van der Waals surface area (Å²) >= 11 is 5.89. The molecule has 0 aliphatic heterocycles. The van der Waals surface area contributed by atoms with E-state index in [0.29, 0.717) is 22.8 Å². The van der Waals surface area contributed by atoms with E-state index in [-0.39, 0.29) is 17.0 Å². The standard InChI is InChI=1S/C20H22ClNO8S/c1-27-13-10-17(29-3)14(18(11-13)30-4)7-8-31(25,26)22-12-5-6-16(28-2)15(9-12)19(21)20(23)24/h5-11,19,22H,1-4H3,(H,23,24)/b8-7+. The number of carboxylic acids is 1. The van der Waals surface area contributed by atoms with Crippen molar-refractivity contribution in [2.75, 3.05) is 33.2 Å². The van der Waals surface area contributed by atoms with Gasteiger partial charge in [-0.25, -0.2) is 8.42 Å². The Bertz CT molecular complexity index is 1060. The van der Waals surface area contributed by atoms with Crippen molar-refractivity contribution in [3.63, 3.8) is 0 Å². The second-order valence-corrected chi connectivity index (χ2v) is 8.06. The Morgan fingerprint density at radius 2 is 1.58 bits per heavy atom. The molecular formula is C20H22ClNO8S. The van der Waals surface area contributed by atoms with E-state index in [0.717, 1.165) is 5.41 Å². The molecule has 0 aliphatic rings. The molecule has 0 aliphatic carbocycles. The lowest BCUT2D eigenvalue weighted by molar-refractivity contribution is -0.136. The van der Waals surface area contributed by atoms with E-state index in [4.69, 9.17) is 35.7 Å². The van der Waals surface area contributed by atoms with Crippen molar-refractivity contribution in [2.45, 2.75) is 5.38 Å². The van der Waals surface area contributed by atoms with Crippen LogP contribution < -0.4 is 23.7 Å². The Morgan fingerprint density at radius 1 is 1.00 bits per heavy atom. The van der Waals surface area contributed by atoms with Crippen molar-refractivity contribution in [1.82, 2.24) is 0 Å². The van der Waals surface area contributed by atoms with Crippen LogP contribution in [0.5, 0.6) is 23.0 Å². The smallest absolute Gasteiger partial charge is 0.326 e. The van der Waals surface area contributed by atoms with Crippen LogP contribution in [-0.4, -0.2) is 47.9 Å². The van der Waals surface area contributed by atoms with Crippen LogP contribution in [0.1, 0.15) is 16.5 Å². The molecule has 0 saturated heterocycles. The van der Waals surface area contributed by atoms with Gasteiger partial charge in [-0.15, -0.1) is 11.6 Å². The summed E-state index contributed by atoms with van der Waals surface area (Å²) in [5, 5.41) is 8.67. The highest BCUT2D eigenvalue weighted by atomic mass is 35.5. The third-order valence-electron chi connectivity index (χ3n) is 4.15. The predicted molar refractivity (Wildman–Crippen MR) is 117 cm³/mol. The Kier molecular flexibility index (Phi) is 8.01. The molecule has 0 radical (unpaired) electrons. The third kappa shape index (κ3) is 5.96. The Hall–Kier alpha value is -3.11. The van der Waals surface area contributed by atoms with Crippen molar-refractivity contribution in [1.29, 1.82) is 0 Å². The average molecular weight is 472 g/mol. The van der Waals surface area contributed by atoms with Crippen molar-refractivity contribution in [3.05, 3.63) is 46.9 Å². The first-order chi connectivity index (χ1) is 14.6. The lowest BCUT2D eigenvalue weighted by Crippen LogP contribution is -2.11. The largest absolute Gasteiger partial charge is 0.496 e. The lowest BCUT2D eigenvalue weighted by Gasteiger charge is -2.14. The number of sulfonamides is 1. The molecule has 2 rings (SSSR count). The summed E-state index contributed by atoms with van der Waals surface area (Å²) < 4.78 is 48.4. The van der Waals surface area contributed by atoms with Crippen LogP contribution in [0.25, 0.3) is 6.08 Å². The molecule has 2 aromatic carbocycles.